The number of aliphatic hydroxyl groups excluding tert-OH is 1. The van der Waals surface area contributed by atoms with Crippen LogP contribution in [0.5, 0.6) is 0 Å². The van der Waals surface area contributed by atoms with Crippen LogP contribution in [0.1, 0.15) is 18.9 Å². The molecule has 0 spiro atoms. The first-order chi connectivity index (χ1) is 8.26. The molecule has 0 aliphatic carbocycles. The van der Waals surface area contributed by atoms with E-state index in [0.29, 0.717) is 6.04 Å². The molecule has 0 bridgehead atoms. The number of aliphatic hydroxyl groups is 1. The standard InChI is InChI=1S/C13H23N3O/c1-3-15-13(6-8-17)11-16(2)10-12-5-4-7-14-9-12/h4-5,7,9,13,15,17H,3,6,8,10-11H2,1-2H3. The molecule has 17 heavy (non-hydrogen) atoms. The third-order valence-electron chi connectivity index (χ3n) is 2.68. The van der Waals surface area contributed by atoms with E-state index in [2.05, 4.69) is 35.2 Å². The lowest BCUT2D eigenvalue weighted by atomic mass is 10.2. The molecular weight excluding hydrogens is 214 g/mol. The third-order valence-corrected chi connectivity index (χ3v) is 2.68. The van der Waals surface area contributed by atoms with Gasteiger partial charge < -0.3 is 15.3 Å². The molecule has 0 saturated heterocycles. The minimum atomic E-state index is 0.235. The van der Waals surface area contributed by atoms with Crippen molar-refractivity contribution >= 4 is 0 Å². The first kappa shape index (κ1) is 14.1. The number of pyridine rings is 1. The maximum Gasteiger partial charge on any atom is 0.0446 e. The second kappa shape index (κ2) is 8.17. The van der Waals surface area contributed by atoms with Crippen molar-refractivity contribution in [2.75, 3.05) is 26.7 Å². The van der Waals surface area contributed by atoms with Gasteiger partial charge in [-0.05, 0) is 31.6 Å². The van der Waals surface area contributed by atoms with Crippen molar-refractivity contribution < 1.29 is 5.11 Å². The minimum absolute atomic E-state index is 0.235. The van der Waals surface area contributed by atoms with E-state index in [1.54, 1.807) is 6.20 Å². The van der Waals surface area contributed by atoms with Crippen molar-refractivity contribution in [3.63, 3.8) is 0 Å². The second-order valence-electron chi connectivity index (χ2n) is 4.32. The molecule has 0 fully saturated rings. The summed E-state index contributed by atoms with van der Waals surface area (Å²) in [5.41, 5.74) is 1.22. The second-order valence-corrected chi connectivity index (χ2v) is 4.32. The molecule has 1 heterocycles. The summed E-state index contributed by atoms with van der Waals surface area (Å²) in [6, 6.07) is 4.39. The van der Waals surface area contributed by atoms with Gasteiger partial charge in [0.1, 0.15) is 0 Å². The van der Waals surface area contributed by atoms with Gasteiger partial charge in [0.15, 0.2) is 0 Å². The van der Waals surface area contributed by atoms with Crippen molar-refractivity contribution in [3.05, 3.63) is 30.1 Å². The van der Waals surface area contributed by atoms with Gasteiger partial charge in [0.25, 0.3) is 0 Å². The van der Waals surface area contributed by atoms with Crippen LogP contribution < -0.4 is 5.32 Å². The largest absolute Gasteiger partial charge is 0.396 e. The van der Waals surface area contributed by atoms with Crippen LogP contribution in [0.4, 0.5) is 0 Å². The van der Waals surface area contributed by atoms with Gasteiger partial charge in [-0.1, -0.05) is 13.0 Å². The molecule has 1 aromatic rings. The van der Waals surface area contributed by atoms with Crippen LogP contribution in [0.2, 0.25) is 0 Å². The zero-order valence-corrected chi connectivity index (χ0v) is 10.8. The Morgan fingerprint density at radius 1 is 1.53 bits per heavy atom. The van der Waals surface area contributed by atoms with Gasteiger partial charge in [-0.15, -0.1) is 0 Å². The molecular formula is C13H23N3O. The van der Waals surface area contributed by atoms with Gasteiger partial charge in [0.05, 0.1) is 0 Å². The van der Waals surface area contributed by atoms with Gasteiger partial charge >= 0.3 is 0 Å². The molecule has 0 aliphatic rings. The highest BCUT2D eigenvalue weighted by atomic mass is 16.3. The van der Waals surface area contributed by atoms with Gasteiger partial charge in [-0.2, -0.15) is 0 Å². The van der Waals surface area contributed by atoms with Gasteiger partial charge in [-0.3, -0.25) is 4.98 Å². The molecule has 4 nitrogen and oxygen atoms in total. The van der Waals surface area contributed by atoms with Gasteiger partial charge in [-0.25, -0.2) is 0 Å². The predicted molar refractivity (Wildman–Crippen MR) is 69.7 cm³/mol. The molecule has 1 atom stereocenters. The van der Waals surface area contributed by atoms with E-state index in [4.69, 9.17) is 5.11 Å². The monoisotopic (exact) mass is 237 g/mol. The van der Waals surface area contributed by atoms with Crippen molar-refractivity contribution in [1.82, 2.24) is 15.2 Å². The number of hydrogen-bond acceptors (Lipinski definition) is 4. The number of nitrogens with zero attached hydrogens (tertiary/aromatic N) is 2. The summed E-state index contributed by atoms with van der Waals surface area (Å²) in [6.45, 7) is 5.08. The fourth-order valence-corrected chi connectivity index (χ4v) is 1.95. The Hall–Kier alpha value is -0.970. The minimum Gasteiger partial charge on any atom is -0.396 e. The smallest absolute Gasteiger partial charge is 0.0446 e. The van der Waals surface area contributed by atoms with Crippen LogP contribution in [0.3, 0.4) is 0 Å². The lowest BCUT2D eigenvalue weighted by Gasteiger charge is -2.24. The summed E-state index contributed by atoms with van der Waals surface area (Å²) in [5.74, 6) is 0. The summed E-state index contributed by atoms with van der Waals surface area (Å²) in [4.78, 5) is 6.36. The van der Waals surface area contributed by atoms with Crippen molar-refractivity contribution in [3.8, 4) is 0 Å². The topological polar surface area (TPSA) is 48.4 Å². The SMILES string of the molecule is CCNC(CCO)CN(C)Cc1cccnc1. The van der Waals surface area contributed by atoms with E-state index in [9.17, 15) is 0 Å². The molecule has 1 rings (SSSR count). The van der Waals surface area contributed by atoms with Gasteiger partial charge in [0, 0.05) is 38.1 Å². The van der Waals surface area contributed by atoms with E-state index in [-0.39, 0.29) is 6.61 Å². The molecule has 0 saturated carbocycles. The quantitative estimate of drug-likeness (QED) is 0.704. The molecule has 96 valence electrons. The third kappa shape index (κ3) is 5.77. The van der Waals surface area contributed by atoms with Crippen molar-refractivity contribution in [1.29, 1.82) is 0 Å². The summed E-state index contributed by atoms with van der Waals surface area (Å²) >= 11 is 0. The number of likely N-dealkylation sites (N-methyl/N-ethyl adjacent to an activating group) is 2. The van der Waals surface area contributed by atoms with Crippen LogP contribution in [-0.2, 0) is 6.54 Å². The number of rotatable bonds is 8. The summed E-state index contributed by atoms with van der Waals surface area (Å²) in [7, 11) is 2.09. The molecule has 4 heteroatoms. The van der Waals surface area contributed by atoms with Gasteiger partial charge in [0.2, 0.25) is 0 Å². The Bertz CT molecular complexity index is 286. The molecule has 0 aromatic carbocycles. The van der Waals surface area contributed by atoms with E-state index in [1.165, 1.54) is 5.56 Å². The number of hydrogen-bond donors (Lipinski definition) is 2. The van der Waals surface area contributed by atoms with Crippen LogP contribution in [0.25, 0.3) is 0 Å². The Kier molecular flexibility index (Phi) is 6.77. The fraction of sp³-hybridized carbons (Fsp3) is 0.615. The summed E-state index contributed by atoms with van der Waals surface area (Å²) in [6.07, 6.45) is 4.48. The average Bonchev–Trinajstić information content (AvgIpc) is 2.30. The summed E-state index contributed by atoms with van der Waals surface area (Å²) in [5, 5.41) is 12.4. The van der Waals surface area contributed by atoms with Crippen molar-refractivity contribution in [2.24, 2.45) is 0 Å². The van der Waals surface area contributed by atoms with E-state index in [1.807, 2.05) is 12.3 Å². The van der Waals surface area contributed by atoms with E-state index < -0.39 is 0 Å². The van der Waals surface area contributed by atoms with Crippen molar-refractivity contribution in [2.45, 2.75) is 25.9 Å². The predicted octanol–water partition coefficient (Wildman–Crippen LogP) is 0.874. The summed E-state index contributed by atoms with van der Waals surface area (Å²) < 4.78 is 0. The average molecular weight is 237 g/mol. The first-order valence-electron chi connectivity index (χ1n) is 6.18. The van der Waals surface area contributed by atoms with Crippen LogP contribution in [0, 0.1) is 0 Å². The maximum atomic E-state index is 9.00. The molecule has 0 amide bonds. The molecule has 1 aromatic heterocycles. The highest BCUT2D eigenvalue weighted by Crippen LogP contribution is 2.02. The first-order valence-corrected chi connectivity index (χ1v) is 6.18. The Balaban J connectivity index is 2.38. The Morgan fingerprint density at radius 2 is 2.35 bits per heavy atom. The number of nitrogens with one attached hydrogen (secondary N) is 1. The normalized spacial score (nSPS) is 12.9. The number of aromatic nitrogens is 1. The highest BCUT2D eigenvalue weighted by molar-refractivity contribution is 5.07. The Labute approximate surface area is 104 Å². The maximum absolute atomic E-state index is 9.00. The Morgan fingerprint density at radius 3 is 2.94 bits per heavy atom. The lowest BCUT2D eigenvalue weighted by Crippen LogP contribution is -2.39. The lowest BCUT2D eigenvalue weighted by molar-refractivity contribution is 0.227. The zero-order valence-electron chi connectivity index (χ0n) is 10.8. The fourth-order valence-electron chi connectivity index (χ4n) is 1.95. The molecule has 0 aliphatic heterocycles. The zero-order chi connectivity index (χ0) is 12.5. The van der Waals surface area contributed by atoms with Crippen LogP contribution in [-0.4, -0.2) is 47.8 Å². The van der Waals surface area contributed by atoms with E-state index in [0.717, 1.165) is 26.1 Å². The van der Waals surface area contributed by atoms with Crippen LogP contribution >= 0.6 is 0 Å². The molecule has 2 N–H and O–H groups in total. The molecule has 0 radical (unpaired) electrons. The van der Waals surface area contributed by atoms with Crippen LogP contribution in [0.15, 0.2) is 24.5 Å². The van der Waals surface area contributed by atoms with E-state index >= 15 is 0 Å². The highest BCUT2D eigenvalue weighted by Gasteiger charge is 2.10. The molecule has 1 unspecified atom stereocenters.